The maximum absolute atomic E-state index is 13.2. The predicted octanol–water partition coefficient (Wildman–Crippen LogP) is 5.32. The molecule has 1 aliphatic rings. The Labute approximate surface area is 224 Å². The zero-order chi connectivity index (χ0) is 27.1. The maximum atomic E-state index is 13.2. The molecule has 8 nitrogen and oxygen atoms in total. The molecule has 2 aromatic carbocycles. The largest absolute Gasteiger partial charge is 0.416 e. The van der Waals surface area contributed by atoms with Gasteiger partial charge in [0, 0.05) is 58.0 Å². The topological polar surface area (TPSA) is 87.5 Å². The molecule has 1 amide bonds. The number of hydrogen-bond acceptors (Lipinski definition) is 6. The lowest BCUT2D eigenvalue weighted by Crippen LogP contribution is -2.50. The molecule has 13 heteroatoms. The van der Waals surface area contributed by atoms with Crippen LogP contribution in [0.5, 0.6) is 0 Å². The highest BCUT2D eigenvalue weighted by molar-refractivity contribution is 7.93. The van der Waals surface area contributed by atoms with E-state index in [1.54, 1.807) is 46.2 Å². The van der Waals surface area contributed by atoms with Crippen molar-refractivity contribution in [3.63, 3.8) is 0 Å². The van der Waals surface area contributed by atoms with Crippen LogP contribution in [0, 0.1) is 0 Å². The molecule has 3 heterocycles. The van der Waals surface area contributed by atoms with Crippen LogP contribution < -0.4 is 9.62 Å². The molecular weight excluding hydrogens is 539 g/mol. The van der Waals surface area contributed by atoms with Crippen LogP contribution in [-0.2, 0) is 21.0 Å². The van der Waals surface area contributed by atoms with Crippen LogP contribution >= 0.6 is 11.3 Å². The fourth-order valence-electron chi connectivity index (χ4n) is 4.52. The first-order valence-electron chi connectivity index (χ1n) is 11.8. The van der Waals surface area contributed by atoms with E-state index in [0.717, 1.165) is 17.8 Å². The van der Waals surface area contributed by atoms with Crippen molar-refractivity contribution in [2.45, 2.75) is 24.0 Å². The lowest BCUT2D eigenvalue weighted by Gasteiger charge is -2.37. The van der Waals surface area contributed by atoms with Gasteiger partial charge in [0.2, 0.25) is 5.91 Å². The summed E-state index contributed by atoms with van der Waals surface area (Å²) in [7, 11) is -3.75. The highest BCUT2D eigenvalue weighted by Gasteiger charge is 2.32. The molecule has 4 aromatic rings. The second kappa shape index (κ2) is 9.95. The van der Waals surface area contributed by atoms with Gasteiger partial charge in [0.25, 0.3) is 10.0 Å². The van der Waals surface area contributed by atoms with Gasteiger partial charge in [0.15, 0.2) is 5.13 Å². The quantitative estimate of drug-likeness (QED) is 0.341. The van der Waals surface area contributed by atoms with Crippen LogP contribution in [-0.4, -0.2) is 55.0 Å². The third kappa shape index (κ3) is 5.20. The number of fused-ring (bicyclic) bond motifs is 1. The Morgan fingerprint density at radius 2 is 1.79 bits per heavy atom. The number of anilines is 2. The number of aromatic nitrogens is 2. The zero-order valence-electron chi connectivity index (χ0n) is 20.2. The predicted molar refractivity (Wildman–Crippen MR) is 144 cm³/mol. The molecule has 204 valence electrons. The summed E-state index contributed by atoms with van der Waals surface area (Å²) < 4.78 is 68.8. The number of sulfonamides is 1. The number of nitrogens with zero attached hydrogens (tertiary/aromatic N) is 4. The SMILES string of the molecule is C[C@H](C(=O)N1CCN(c2ccc(S(=O)(=O)Nc3nccs3)cc2)CC1)n1ccc2ccc(C(F)(F)F)cc21.[HH].[HH]. The van der Waals surface area contributed by atoms with Crippen molar-refractivity contribution < 1.29 is 29.2 Å². The van der Waals surface area contributed by atoms with Crippen LogP contribution in [0.4, 0.5) is 24.0 Å². The van der Waals surface area contributed by atoms with Gasteiger partial charge >= 0.3 is 6.18 Å². The molecule has 0 spiro atoms. The molecule has 0 unspecified atom stereocenters. The van der Waals surface area contributed by atoms with Gasteiger partial charge in [-0.25, -0.2) is 13.4 Å². The molecule has 0 radical (unpaired) electrons. The molecule has 1 fully saturated rings. The van der Waals surface area contributed by atoms with Crippen LogP contribution in [0.15, 0.2) is 71.2 Å². The summed E-state index contributed by atoms with van der Waals surface area (Å²) in [4.78, 5) is 21.1. The molecule has 0 aliphatic carbocycles. The average molecular weight is 568 g/mol. The van der Waals surface area contributed by atoms with Crippen LogP contribution in [0.3, 0.4) is 0 Å². The Morgan fingerprint density at radius 3 is 2.42 bits per heavy atom. The van der Waals surface area contributed by atoms with E-state index in [9.17, 15) is 26.4 Å². The first-order valence-corrected chi connectivity index (χ1v) is 14.1. The van der Waals surface area contributed by atoms with Crippen molar-refractivity contribution in [1.82, 2.24) is 14.5 Å². The third-order valence-electron chi connectivity index (χ3n) is 6.58. The molecule has 5 rings (SSSR count). The normalized spacial score (nSPS) is 15.6. The summed E-state index contributed by atoms with van der Waals surface area (Å²) in [5.41, 5.74) is 0.434. The molecule has 1 N–H and O–H groups in total. The number of amides is 1. The number of benzene rings is 2. The fourth-order valence-corrected chi connectivity index (χ4v) is 6.30. The van der Waals surface area contributed by atoms with Gasteiger partial charge in [0.1, 0.15) is 6.04 Å². The molecule has 0 bridgehead atoms. The summed E-state index contributed by atoms with van der Waals surface area (Å²) in [6, 6.07) is 11.1. The lowest BCUT2D eigenvalue weighted by atomic mass is 10.1. The van der Waals surface area contributed by atoms with E-state index in [-0.39, 0.29) is 18.8 Å². The highest BCUT2D eigenvalue weighted by Crippen LogP contribution is 2.33. The number of thiazole rings is 1. The monoisotopic (exact) mass is 567 g/mol. The van der Waals surface area contributed by atoms with Crippen LogP contribution in [0.2, 0.25) is 0 Å². The number of carbonyl (C=O) groups is 1. The van der Waals surface area contributed by atoms with E-state index >= 15 is 0 Å². The smallest absolute Gasteiger partial charge is 0.368 e. The molecule has 1 atom stereocenters. The minimum absolute atomic E-state index is 0. The third-order valence-corrected chi connectivity index (χ3v) is 8.76. The minimum atomic E-state index is -4.47. The second-order valence-electron chi connectivity index (χ2n) is 8.92. The van der Waals surface area contributed by atoms with Crippen molar-refractivity contribution in [1.29, 1.82) is 0 Å². The molecule has 0 saturated carbocycles. The average Bonchev–Trinajstić information content (AvgIpc) is 3.56. The Kier molecular flexibility index (Phi) is 6.82. The highest BCUT2D eigenvalue weighted by atomic mass is 32.2. The van der Waals surface area contributed by atoms with Gasteiger partial charge in [-0.15, -0.1) is 11.3 Å². The summed E-state index contributed by atoms with van der Waals surface area (Å²) in [6.45, 7) is 3.62. The molecule has 2 aromatic heterocycles. The van der Waals surface area contributed by atoms with E-state index in [2.05, 4.69) is 14.6 Å². The first kappa shape index (κ1) is 26.0. The lowest BCUT2D eigenvalue weighted by molar-refractivity contribution is -0.137. The Morgan fingerprint density at radius 1 is 1.08 bits per heavy atom. The van der Waals surface area contributed by atoms with Gasteiger partial charge < -0.3 is 14.4 Å². The Hall–Kier alpha value is -3.58. The number of halogens is 3. The van der Waals surface area contributed by atoms with Crippen LogP contribution in [0.1, 0.15) is 21.4 Å². The standard InChI is InChI=1S/C25H24F3N5O3S2.2H2/c1-17(33-10-8-18-2-3-19(16-22(18)33)25(26,27)28)23(34)32-13-11-31(12-14-32)20-4-6-21(7-5-20)38(35,36)30-24-29-9-15-37-24;;/h2-10,15-17H,11-14H2,1H3,(H,29,30);2*1H/t17-;;/m1../s1. The van der Waals surface area contributed by atoms with E-state index < -0.39 is 27.8 Å². The minimum Gasteiger partial charge on any atom is -0.368 e. The maximum Gasteiger partial charge on any atom is 0.416 e. The summed E-state index contributed by atoms with van der Waals surface area (Å²) in [5.74, 6) is -0.172. The Bertz CT molecular complexity index is 1550. The van der Waals surface area contributed by atoms with Crippen molar-refractivity contribution in [3.8, 4) is 0 Å². The molecule has 38 heavy (non-hydrogen) atoms. The second-order valence-corrected chi connectivity index (χ2v) is 11.5. The van der Waals surface area contributed by atoms with Gasteiger partial charge in [-0.1, -0.05) is 6.07 Å². The zero-order valence-corrected chi connectivity index (χ0v) is 21.9. The molecule has 1 aliphatic heterocycles. The van der Waals surface area contributed by atoms with E-state index in [0.29, 0.717) is 37.1 Å². The fraction of sp³-hybridized carbons (Fsp3) is 0.280. The van der Waals surface area contributed by atoms with Crippen molar-refractivity contribution in [3.05, 3.63) is 71.9 Å². The summed E-state index contributed by atoms with van der Waals surface area (Å²) >= 11 is 1.19. The summed E-state index contributed by atoms with van der Waals surface area (Å²) in [6.07, 6.45) is -1.31. The number of nitrogens with one attached hydrogen (secondary N) is 1. The van der Waals surface area contributed by atoms with Crippen molar-refractivity contribution >= 4 is 49.0 Å². The van der Waals surface area contributed by atoms with Gasteiger partial charge in [-0.05, 0) is 54.8 Å². The number of carbonyl (C=O) groups excluding carboxylic acids is 1. The van der Waals surface area contributed by atoms with E-state index in [1.165, 1.54) is 35.7 Å². The van der Waals surface area contributed by atoms with Gasteiger partial charge in [-0.3, -0.25) is 9.52 Å². The van der Waals surface area contributed by atoms with Crippen molar-refractivity contribution in [2.75, 3.05) is 35.8 Å². The van der Waals surface area contributed by atoms with E-state index in [4.69, 9.17) is 0 Å². The molecular formula is C25H28F3N5O3S2. The summed E-state index contributed by atoms with van der Waals surface area (Å²) in [5, 5.41) is 2.60. The number of hydrogen-bond donors (Lipinski definition) is 1. The number of rotatable bonds is 6. The molecule has 1 saturated heterocycles. The van der Waals surface area contributed by atoms with Gasteiger partial charge in [-0.2, -0.15) is 13.2 Å². The first-order chi connectivity index (χ1) is 18.0. The van der Waals surface area contributed by atoms with Crippen molar-refractivity contribution in [2.24, 2.45) is 0 Å². The van der Waals surface area contributed by atoms with E-state index in [1.807, 2.05) is 0 Å². The number of alkyl halides is 3. The van der Waals surface area contributed by atoms with Gasteiger partial charge in [0.05, 0.1) is 10.5 Å². The number of piperazine rings is 1. The van der Waals surface area contributed by atoms with Crippen LogP contribution in [0.25, 0.3) is 10.9 Å². The Balaban J connectivity index is 0.00000220.